The van der Waals surface area contributed by atoms with Gasteiger partial charge in [-0.3, -0.25) is 4.79 Å². The lowest BCUT2D eigenvalue weighted by Crippen LogP contribution is -2.00. The topological polar surface area (TPSA) is 44.8 Å². The molecule has 0 spiro atoms. The lowest BCUT2D eigenvalue weighted by atomic mass is 9.98. The summed E-state index contributed by atoms with van der Waals surface area (Å²) >= 11 is 5.90. The van der Waals surface area contributed by atoms with Gasteiger partial charge in [0, 0.05) is 5.02 Å². The number of carbonyl (C=O) groups excluding carboxylic acids is 1. The number of halogens is 1. The SMILES string of the molecule is COc1cc(-c2ccc(Cl)cc2)c(C=O)c(OC)c1OC. The number of carbonyl (C=O) groups is 1. The van der Waals surface area contributed by atoms with E-state index in [2.05, 4.69) is 0 Å². The number of methoxy groups -OCH3 is 3. The summed E-state index contributed by atoms with van der Waals surface area (Å²) in [5.74, 6) is 1.22. The van der Waals surface area contributed by atoms with Gasteiger partial charge in [-0.15, -0.1) is 0 Å². The van der Waals surface area contributed by atoms with Gasteiger partial charge in [-0.25, -0.2) is 0 Å². The summed E-state index contributed by atoms with van der Waals surface area (Å²) in [7, 11) is 4.51. The highest BCUT2D eigenvalue weighted by Gasteiger charge is 2.21. The van der Waals surface area contributed by atoms with E-state index >= 15 is 0 Å². The van der Waals surface area contributed by atoms with Crippen molar-refractivity contribution in [3.8, 4) is 28.4 Å². The lowest BCUT2D eigenvalue weighted by molar-refractivity contribution is 0.112. The van der Waals surface area contributed by atoms with Crippen molar-refractivity contribution in [2.45, 2.75) is 0 Å². The summed E-state index contributed by atoms with van der Waals surface area (Å²) in [6.07, 6.45) is 0.741. The minimum Gasteiger partial charge on any atom is -0.493 e. The van der Waals surface area contributed by atoms with Crippen molar-refractivity contribution in [2.75, 3.05) is 21.3 Å². The molecule has 110 valence electrons. The Labute approximate surface area is 128 Å². The summed E-state index contributed by atoms with van der Waals surface area (Å²) in [5, 5.41) is 0.624. The molecule has 5 heteroatoms. The maximum absolute atomic E-state index is 11.5. The normalized spacial score (nSPS) is 10.1. The van der Waals surface area contributed by atoms with Crippen molar-refractivity contribution in [1.82, 2.24) is 0 Å². The number of rotatable bonds is 5. The van der Waals surface area contributed by atoms with Crippen LogP contribution < -0.4 is 14.2 Å². The zero-order valence-corrected chi connectivity index (χ0v) is 12.7. The Morgan fingerprint density at radius 1 is 0.952 bits per heavy atom. The quantitative estimate of drug-likeness (QED) is 0.787. The molecule has 0 saturated heterocycles. The van der Waals surface area contributed by atoms with E-state index in [1.165, 1.54) is 21.3 Å². The van der Waals surface area contributed by atoms with E-state index in [9.17, 15) is 4.79 Å². The fourth-order valence-electron chi connectivity index (χ4n) is 2.16. The highest BCUT2D eigenvalue weighted by molar-refractivity contribution is 6.30. The maximum atomic E-state index is 11.5. The number of hydrogen-bond acceptors (Lipinski definition) is 4. The Balaban J connectivity index is 2.75. The second kappa shape index (κ2) is 6.50. The predicted octanol–water partition coefficient (Wildman–Crippen LogP) is 3.85. The number of ether oxygens (including phenoxy) is 3. The molecule has 0 aliphatic rings. The van der Waals surface area contributed by atoms with Crippen LogP contribution in [0.1, 0.15) is 10.4 Å². The first-order valence-corrected chi connectivity index (χ1v) is 6.58. The molecule has 2 aromatic rings. The Kier molecular flexibility index (Phi) is 4.70. The fourth-order valence-corrected chi connectivity index (χ4v) is 2.29. The van der Waals surface area contributed by atoms with Gasteiger partial charge in [0.2, 0.25) is 5.75 Å². The lowest BCUT2D eigenvalue weighted by Gasteiger charge is -2.17. The molecular weight excluding hydrogens is 292 g/mol. The van der Waals surface area contributed by atoms with E-state index in [0.29, 0.717) is 33.4 Å². The molecule has 0 amide bonds. The molecule has 2 rings (SSSR count). The van der Waals surface area contributed by atoms with E-state index in [4.69, 9.17) is 25.8 Å². The van der Waals surface area contributed by atoms with Gasteiger partial charge in [0.05, 0.1) is 26.9 Å². The molecular formula is C16H15ClO4. The summed E-state index contributed by atoms with van der Waals surface area (Å²) < 4.78 is 15.9. The zero-order chi connectivity index (χ0) is 15.4. The molecule has 21 heavy (non-hydrogen) atoms. The van der Waals surface area contributed by atoms with Gasteiger partial charge in [0.25, 0.3) is 0 Å². The van der Waals surface area contributed by atoms with Gasteiger partial charge in [0.15, 0.2) is 17.8 Å². The van der Waals surface area contributed by atoms with E-state index in [1.54, 1.807) is 18.2 Å². The Bertz CT molecular complexity index is 650. The van der Waals surface area contributed by atoms with Crippen LogP contribution in [0.15, 0.2) is 30.3 Å². The summed E-state index contributed by atoms with van der Waals surface area (Å²) in [6, 6.07) is 8.92. The van der Waals surface area contributed by atoms with E-state index in [0.717, 1.165) is 11.8 Å². The molecule has 0 radical (unpaired) electrons. The molecule has 0 bridgehead atoms. The first kappa shape index (κ1) is 15.2. The largest absolute Gasteiger partial charge is 0.493 e. The second-order valence-corrected chi connectivity index (χ2v) is 4.67. The van der Waals surface area contributed by atoms with Crippen LogP contribution in [0.4, 0.5) is 0 Å². The van der Waals surface area contributed by atoms with Crippen molar-refractivity contribution in [2.24, 2.45) is 0 Å². The van der Waals surface area contributed by atoms with Gasteiger partial charge < -0.3 is 14.2 Å². The third-order valence-corrected chi connectivity index (χ3v) is 3.39. The van der Waals surface area contributed by atoms with Gasteiger partial charge >= 0.3 is 0 Å². The zero-order valence-electron chi connectivity index (χ0n) is 12.0. The van der Waals surface area contributed by atoms with Crippen molar-refractivity contribution in [1.29, 1.82) is 0 Å². The van der Waals surface area contributed by atoms with Crippen molar-refractivity contribution in [3.05, 3.63) is 40.9 Å². The first-order chi connectivity index (χ1) is 10.2. The minimum atomic E-state index is 0.344. The molecule has 0 heterocycles. The number of benzene rings is 2. The summed E-state index contributed by atoms with van der Waals surface area (Å²) in [4.78, 5) is 11.5. The van der Waals surface area contributed by atoms with Crippen molar-refractivity contribution >= 4 is 17.9 Å². The van der Waals surface area contributed by atoms with Gasteiger partial charge in [0.1, 0.15) is 0 Å². The molecule has 0 atom stereocenters. The van der Waals surface area contributed by atoms with Crippen LogP contribution >= 0.6 is 11.6 Å². The average molecular weight is 307 g/mol. The minimum absolute atomic E-state index is 0.344. The maximum Gasteiger partial charge on any atom is 0.204 e. The predicted molar refractivity (Wildman–Crippen MR) is 81.9 cm³/mol. The van der Waals surface area contributed by atoms with Crippen LogP contribution in [0, 0.1) is 0 Å². The standard InChI is InChI=1S/C16H15ClO4/c1-19-14-8-12(10-4-6-11(17)7-5-10)13(9-18)15(20-2)16(14)21-3/h4-9H,1-3H3. The molecule has 4 nitrogen and oxygen atoms in total. The van der Waals surface area contributed by atoms with E-state index < -0.39 is 0 Å². The first-order valence-electron chi connectivity index (χ1n) is 6.20. The Morgan fingerprint density at radius 2 is 1.57 bits per heavy atom. The smallest absolute Gasteiger partial charge is 0.204 e. The van der Waals surface area contributed by atoms with E-state index in [1.807, 2.05) is 12.1 Å². The third kappa shape index (κ3) is 2.81. The number of aldehydes is 1. The van der Waals surface area contributed by atoms with Gasteiger partial charge in [-0.1, -0.05) is 23.7 Å². The highest BCUT2D eigenvalue weighted by Crippen LogP contribution is 2.44. The molecule has 0 saturated carbocycles. The van der Waals surface area contributed by atoms with Crippen LogP contribution in [0.25, 0.3) is 11.1 Å². The van der Waals surface area contributed by atoms with Crippen molar-refractivity contribution < 1.29 is 19.0 Å². The fraction of sp³-hybridized carbons (Fsp3) is 0.188. The van der Waals surface area contributed by atoms with E-state index in [-0.39, 0.29) is 0 Å². The molecule has 0 aliphatic heterocycles. The molecule has 0 aromatic heterocycles. The molecule has 0 unspecified atom stereocenters. The van der Waals surface area contributed by atoms with Crippen LogP contribution in [0.2, 0.25) is 5.02 Å². The third-order valence-electron chi connectivity index (χ3n) is 3.14. The molecule has 0 N–H and O–H groups in total. The van der Waals surface area contributed by atoms with Crippen LogP contribution in [-0.2, 0) is 0 Å². The monoisotopic (exact) mass is 306 g/mol. The Morgan fingerprint density at radius 3 is 2.05 bits per heavy atom. The highest BCUT2D eigenvalue weighted by atomic mass is 35.5. The van der Waals surface area contributed by atoms with Crippen LogP contribution in [0.3, 0.4) is 0 Å². The molecule has 0 fully saturated rings. The van der Waals surface area contributed by atoms with Crippen LogP contribution in [0.5, 0.6) is 17.2 Å². The molecule has 0 aliphatic carbocycles. The van der Waals surface area contributed by atoms with Crippen LogP contribution in [-0.4, -0.2) is 27.6 Å². The summed E-state index contributed by atoms with van der Waals surface area (Å²) in [6.45, 7) is 0. The van der Waals surface area contributed by atoms with Crippen molar-refractivity contribution in [3.63, 3.8) is 0 Å². The summed E-state index contributed by atoms with van der Waals surface area (Å²) in [5.41, 5.74) is 1.93. The van der Waals surface area contributed by atoms with Gasteiger partial charge in [-0.05, 0) is 29.3 Å². The second-order valence-electron chi connectivity index (χ2n) is 4.23. The average Bonchev–Trinajstić information content (AvgIpc) is 2.53. The van der Waals surface area contributed by atoms with Gasteiger partial charge in [-0.2, -0.15) is 0 Å². The number of hydrogen-bond donors (Lipinski definition) is 0. The molecule has 2 aromatic carbocycles. The Hall–Kier alpha value is -2.20.